The summed E-state index contributed by atoms with van der Waals surface area (Å²) < 4.78 is 28.9. The number of hydrogen-bond acceptors (Lipinski definition) is 3. The highest BCUT2D eigenvalue weighted by Crippen LogP contribution is 2.49. The van der Waals surface area contributed by atoms with Gasteiger partial charge in [0.25, 0.3) is 0 Å². The number of nitrogens with one attached hydrogen (secondary N) is 1. The van der Waals surface area contributed by atoms with Crippen molar-refractivity contribution in [1.29, 1.82) is 0 Å². The van der Waals surface area contributed by atoms with E-state index < -0.39 is 11.6 Å². The molecule has 3 nitrogen and oxygen atoms in total. The lowest BCUT2D eigenvalue weighted by molar-refractivity contribution is 0.630. The van der Waals surface area contributed by atoms with Gasteiger partial charge in [0.05, 0.1) is 27.8 Å². The van der Waals surface area contributed by atoms with Crippen LogP contribution in [-0.4, -0.2) is 6.54 Å². The Hall–Kier alpha value is -2.79. The summed E-state index contributed by atoms with van der Waals surface area (Å²) in [6.45, 7) is 14.3. The van der Waals surface area contributed by atoms with Gasteiger partial charge in [0.1, 0.15) is 11.6 Å². The molecule has 0 radical (unpaired) electrons. The Labute approximate surface area is 175 Å². The average Bonchev–Trinajstić information content (AvgIpc) is 2.67. The molecule has 29 heavy (non-hydrogen) atoms. The Morgan fingerprint density at radius 3 is 2.48 bits per heavy atom. The summed E-state index contributed by atoms with van der Waals surface area (Å²) in [4.78, 5) is 1.82. The van der Waals surface area contributed by atoms with Crippen molar-refractivity contribution in [1.82, 2.24) is 0 Å². The van der Waals surface area contributed by atoms with Crippen molar-refractivity contribution in [2.75, 3.05) is 22.5 Å². The number of rotatable bonds is 5. The smallest absolute Gasteiger partial charge is 0.148 e. The standard InChI is InChI=1S/C23H24ClF2N3/c1-6-14-8-17(25)19(27)10-20(14)29-11-16(12(3)4)13(5)15-9-18(26)22(28-7-2)21(24)23(15)29/h8-11,28H,3,5-7,27H2,1-2,4H3. The van der Waals surface area contributed by atoms with E-state index in [1.54, 1.807) is 6.07 Å². The number of nitrogen functional groups attached to an aromatic ring is 1. The summed E-state index contributed by atoms with van der Waals surface area (Å²) in [6, 6.07) is 4.42. The monoisotopic (exact) mass is 415 g/mol. The molecule has 1 heterocycles. The number of halogens is 3. The summed E-state index contributed by atoms with van der Waals surface area (Å²) in [5.41, 5.74) is 10.8. The van der Waals surface area contributed by atoms with Crippen LogP contribution in [0.15, 0.2) is 48.7 Å². The molecule has 0 aliphatic carbocycles. The minimum atomic E-state index is -0.477. The zero-order valence-corrected chi connectivity index (χ0v) is 17.6. The lowest BCUT2D eigenvalue weighted by Crippen LogP contribution is -2.20. The van der Waals surface area contributed by atoms with Gasteiger partial charge in [0.2, 0.25) is 0 Å². The molecule has 6 heteroatoms. The highest BCUT2D eigenvalue weighted by atomic mass is 35.5. The molecule has 3 N–H and O–H groups in total. The van der Waals surface area contributed by atoms with E-state index in [-0.39, 0.29) is 16.4 Å². The molecule has 1 aliphatic rings. The molecular weight excluding hydrogens is 392 g/mol. The predicted octanol–water partition coefficient (Wildman–Crippen LogP) is 6.82. The van der Waals surface area contributed by atoms with Crippen LogP contribution in [-0.2, 0) is 6.42 Å². The van der Waals surface area contributed by atoms with E-state index in [1.807, 2.05) is 31.9 Å². The van der Waals surface area contributed by atoms with Gasteiger partial charge < -0.3 is 16.0 Å². The third-order valence-electron chi connectivity index (χ3n) is 4.99. The molecule has 0 saturated carbocycles. The van der Waals surface area contributed by atoms with Gasteiger partial charge in [-0.15, -0.1) is 0 Å². The third kappa shape index (κ3) is 3.51. The second-order valence-corrected chi connectivity index (χ2v) is 7.38. The second-order valence-electron chi connectivity index (χ2n) is 7.00. The SMILES string of the molecule is C=C(C)C1=CN(c2cc(N)c(F)cc2CC)c2c(cc(F)c(NCC)c2Cl)C1=C. The van der Waals surface area contributed by atoms with Crippen LogP contribution in [0.3, 0.4) is 0 Å². The Balaban J connectivity index is 2.38. The van der Waals surface area contributed by atoms with Gasteiger partial charge in [-0.1, -0.05) is 31.7 Å². The predicted molar refractivity (Wildman–Crippen MR) is 120 cm³/mol. The van der Waals surface area contributed by atoms with Gasteiger partial charge in [-0.05, 0) is 55.2 Å². The van der Waals surface area contributed by atoms with Crippen LogP contribution < -0.4 is 16.0 Å². The third-order valence-corrected chi connectivity index (χ3v) is 5.36. The van der Waals surface area contributed by atoms with E-state index in [0.29, 0.717) is 35.5 Å². The summed E-state index contributed by atoms with van der Waals surface area (Å²) in [5.74, 6) is -0.941. The number of nitrogens with two attached hydrogens (primary N) is 1. The first-order valence-electron chi connectivity index (χ1n) is 9.41. The molecule has 0 fully saturated rings. The molecule has 0 aromatic heterocycles. The van der Waals surface area contributed by atoms with Gasteiger partial charge in [-0.2, -0.15) is 0 Å². The van der Waals surface area contributed by atoms with Crippen molar-refractivity contribution in [2.24, 2.45) is 0 Å². The number of allylic oxidation sites excluding steroid dienone is 3. The van der Waals surface area contributed by atoms with E-state index in [9.17, 15) is 8.78 Å². The van der Waals surface area contributed by atoms with Crippen molar-refractivity contribution in [3.63, 3.8) is 0 Å². The average molecular weight is 416 g/mol. The van der Waals surface area contributed by atoms with E-state index in [0.717, 1.165) is 16.7 Å². The summed E-state index contributed by atoms with van der Waals surface area (Å²) in [7, 11) is 0. The number of hydrogen-bond donors (Lipinski definition) is 2. The topological polar surface area (TPSA) is 41.3 Å². The lowest BCUT2D eigenvalue weighted by atomic mass is 9.90. The molecule has 1 aliphatic heterocycles. The first-order chi connectivity index (χ1) is 13.7. The van der Waals surface area contributed by atoms with Crippen molar-refractivity contribution in [3.8, 4) is 0 Å². The molecule has 0 amide bonds. The first kappa shape index (κ1) is 20.9. The number of fused-ring (bicyclic) bond motifs is 1. The van der Waals surface area contributed by atoms with E-state index in [1.165, 1.54) is 12.1 Å². The number of anilines is 4. The number of nitrogens with zero attached hydrogens (tertiary/aromatic N) is 1. The lowest BCUT2D eigenvalue weighted by Gasteiger charge is -2.34. The van der Waals surface area contributed by atoms with Crippen LogP contribution >= 0.6 is 11.6 Å². The molecular formula is C23H24ClF2N3. The van der Waals surface area contributed by atoms with Gasteiger partial charge in [0.15, 0.2) is 0 Å². The van der Waals surface area contributed by atoms with Crippen molar-refractivity contribution in [3.05, 3.63) is 76.5 Å². The Morgan fingerprint density at radius 2 is 1.90 bits per heavy atom. The van der Waals surface area contributed by atoms with Crippen LogP contribution in [0.4, 0.5) is 31.5 Å². The van der Waals surface area contributed by atoms with Gasteiger partial charge >= 0.3 is 0 Å². The molecule has 0 saturated heterocycles. The molecule has 2 aromatic carbocycles. The fraction of sp³-hybridized carbons (Fsp3) is 0.217. The number of benzene rings is 2. The van der Waals surface area contributed by atoms with Crippen molar-refractivity contribution in [2.45, 2.75) is 27.2 Å². The summed E-state index contributed by atoms with van der Waals surface area (Å²) in [5, 5.41) is 3.20. The Morgan fingerprint density at radius 1 is 1.21 bits per heavy atom. The van der Waals surface area contributed by atoms with E-state index in [4.69, 9.17) is 17.3 Å². The van der Waals surface area contributed by atoms with Gasteiger partial charge in [-0.3, -0.25) is 0 Å². The van der Waals surface area contributed by atoms with Crippen LogP contribution in [0.1, 0.15) is 31.9 Å². The minimum absolute atomic E-state index is 0.0264. The second kappa shape index (κ2) is 7.91. The van der Waals surface area contributed by atoms with Crippen molar-refractivity contribution < 1.29 is 8.78 Å². The van der Waals surface area contributed by atoms with E-state index >= 15 is 0 Å². The minimum Gasteiger partial charge on any atom is -0.396 e. The largest absolute Gasteiger partial charge is 0.396 e. The van der Waals surface area contributed by atoms with E-state index in [2.05, 4.69) is 18.5 Å². The molecule has 0 unspecified atom stereocenters. The zero-order valence-electron chi connectivity index (χ0n) is 16.8. The fourth-order valence-corrected chi connectivity index (χ4v) is 3.86. The van der Waals surface area contributed by atoms with Crippen LogP contribution in [0.5, 0.6) is 0 Å². The van der Waals surface area contributed by atoms with Crippen LogP contribution in [0.2, 0.25) is 5.02 Å². The van der Waals surface area contributed by atoms with Crippen molar-refractivity contribution >= 4 is 39.9 Å². The highest BCUT2D eigenvalue weighted by molar-refractivity contribution is 6.37. The molecule has 3 rings (SSSR count). The first-order valence-corrected chi connectivity index (χ1v) is 9.79. The van der Waals surface area contributed by atoms with Gasteiger partial charge in [-0.25, -0.2) is 8.78 Å². The van der Waals surface area contributed by atoms with Gasteiger partial charge in [0, 0.05) is 23.9 Å². The Bertz CT molecular complexity index is 1060. The normalized spacial score (nSPS) is 13.2. The molecule has 152 valence electrons. The van der Waals surface area contributed by atoms with Crippen LogP contribution in [0.25, 0.3) is 5.57 Å². The molecule has 0 atom stereocenters. The summed E-state index contributed by atoms with van der Waals surface area (Å²) >= 11 is 6.67. The maximum Gasteiger partial charge on any atom is 0.148 e. The molecule has 0 bridgehead atoms. The number of aryl methyl sites for hydroxylation is 1. The Kier molecular flexibility index (Phi) is 5.71. The summed E-state index contributed by atoms with van der Waals surface area (Å²) in [6.07, 6.45) is 2.42. The highest BCUT2D eigenvalue weighted by Gasteiger charge is 2.29. The maximum atomic E-state index is 14.8. The fourth-order valence-electron chi connectivity index (χ4n) is 3.51. The molecule has 0 spiro atoms. The molecule has 2 aromatic rings. The van der Waals surface area contributed by atoms with Crippen LogP contribution in [0, 0.1) is 11.6 Å². The quantitative estimate of drug-likeness (QED) is 0.526. The maximum absolute atomic E-state index is 14.8. The zero-order chi connectivity index (χ0) is 21.5.